The summed E-state index contributed by atoms with van der Waals surface area (Å²) in [6.45, 7) is 0. The maximum Gasteiger partial charge on any atom is 0.337 e. The number of nitrogens with zero attached hydrogens (tertiary/aromatic N) is 3. The van der Waals surface area contributed by atoms with E-state index in [2.05, 4.69) is 25.8 Å². The van der Waals surface area contributed by atoms with E-state index in [9.17, 15) is 4.79 Å². The molecule has 0 amide bonds. The molecule has 35 heavy (non-hydrogen) atoms. The summed E-state index contributed by atoms with van der Waals surface area (Å²) in [4.78, 5) is 18.6. The fourth-order valence-electron chi connectivity index (χ4n) is 4.42. The second-order valence-electron chi connectivity index (χ2n) is 8.04. The Kier molecular flexibility index (Phi) is 6.20. The van der Waals surface area contributed by atoms with Crippen molar-refractivity contribution in [2.45, 2.75) is 12.1 Å². The van der Waals surface area contributed by atoms with Gasteiger partial charge in [0.05, 0.1) is 31.5 Å². The molecule has 2 aromatic carbocycles. The summed E-state index contributed by atoms with van der Waals surface area (Å²) >= 11 is 5.83. The van der Waals surface area contributed by atoms with Crippen LogP contribution < -0.4 is 15.0 Å². The molecular formula is C27H24N4O3S. The van der Waals surface area contributed by atoms with Crippen LogP contribution in [-0.4, -0.2) is 34.9 Å². The van der Waals surface area contributed by atoms with Gasteiger partial charge in [0.2, 0.25) is 0 Å². The van der Waals surface area contributed by atoms with Crippen molar-refractivity contribution < 1.29 is 14.3 Å². The van der Waals surface area contributed by atoms with E-state index < -0.39 is 0 Å². The van der Waals surface area contributed by atoms with Crippen LogP contribution in [0.5, 0.6) is 5.75 Å². The number of anilines is 1. The molecule has 2 atom stereocenters. The van der Waals surface area contributed by atoms with E-state index in [0.717, 1.165) is 28.5 Å². The number of benzene rings is 2. The van der Waals surface area contributed by atoms with E-state index in [4.69, 9.17) is 21.7 Å². The third-order valence-electron chi connectivity index (χ3n) is 6.10. The Hall–Kier alpha value is -4.17. The molecule has 0 spiro atoms. The van der Waals surface area contributed by atoms with Gasteiger partial charge in [0.15, 0.2) is 5.11 Å². The van der Waals surface area contributed by atoms with Crippen molar-refractivity contribution in [2.75, 3.05) is 19.1 Å². The second-order valence-corrected chi connectivity index (χ2v) is 8.42. The number of aromatic nitrogens is 2. The molecule has 0 radical (unpaired) electrons. The predicted molar refractivity (Wildman–Crippen MR) is 138 cm³/mol. The first kappa shape index (κ1) is 22.6. The molecular weight excluding hydrogens is 460 g/mol. The van der Waals surface area contributed by atoms with Gasteiger partial charge in [-0.3, -0.25) is 4.98 Å². The Morgan fingerprint density at radius 3 is 2.34 bits per heavy atom. The lowest BCUT2D eigenvalue weighted by Gasteiger charge is -2.29. The molecule has 7 nitrogen and oxygen atoms in total. The molecule has 8 heteroatoms. The first-order chi connectivity index (χ1) is 17.1. The van der Waals surface area contributed by atoms with E-state index in [1.165, 1.54) is 7.11 Å². The van der Waals surface area contributed by atoms with Gasteiger partial charge in [0.1, 0.15) is 11.8 Å². The van der Waals surface area contributed by atoms with Gasteiger partial charge >= 0.3 is 5.97 Å². The number of carbonyl (C=O) groups is 1. The number of hydrogen-bond donors (Lipinski definition) is 1. The fraction of sp³-hybridized carbons (Fsp3) is 0.148. The van der Waals surface area contributed by atoms with Gasteiger partial charge in [-0.25, -0.2) is 4.79 Å². The van der Waals surface area contributed by atoms with Crippen LogP contribution in [0.3, 0.4) is 0 Å². The largest absolute Gasteiger partial charge is 0.497 e. The van der Waals surface area contributed by atoms with Crippen molar-refractivity contribution in [3.8, 4) is 11.4 Å². The first-order valence-electron chi connectivity index (χ1n) is 11.1. The van der Waals surface area contributed by atoms with Crippen molar-refractivity contribution in [3.63, 3.8) is 0 Å². The highest BCUT2D eigenvalue weighted by Crippen LogP contribution is 2.42. The third-order valence-corrected chi connectivity index (χ3v) is 6.41. The highest BCUT2D eigenvalue weighted by Gasteiger charge is 2.42. The van der Waals surface area contributed by atoms with E-state index in [0.29, 0.717) is 10.7 Å². The Labute approximate surface area is 208 Å². The number of esters is 1. The number of nitrogens with one attached hydrogen (secondary N) is 1. The highest BCUT2D eigenvalue weighted by molar-refractivity contribution is 7.80. The van der Waals surface area contributed by atoms with Crippen molar-refractivity contribution in [2.24, 2.45) is 0 Å². The zero-order chi connectivity index (χ0) is 24.4. The van der Waals surface area contributed by atoms with Crippen LogP contribution in [0, 0.1) is 0 Å². The smallest absolute Gasteiger partial charge is 0.337 e. The normalized spacial score (nSPS) is 17.2. The molecule has 1 N–H and O–H groups in total. The van der Waals surface area contributed by atoms with Gasteiger partial charge in [0, 0.05) is 29.5 Å². The number of carbonyl (C=O) groups excluding carboxylic acids is 1. The van der Waals surface area contributed by atoms with E-state index in [-0.39, 0.29) is 18.1 Å². The van der Waals surface area contributed by atoms with E-state index in [1.54, 1.807) is 25.4 Å². The maximum absolute atomic E-state index is 11.9. The quantitative estimate of drug-likeness (QED) is 0.310. The molecule has 5 rings (SSSR count). The molecule has 1 aliphatic heterocycles. The van der Waals surface area contributed by atoms with Crippen molar-refractivity contribution >= 4 is 29.0 Å². The number of rotatable bonds is 6. The molecule has 4 aromatic rings. The van der Waals surface area contributed by atoms with Crippen LogP contribution in [0.4, 0.5) is 5.69 Å². The second kappa shape index (κ2) is 9.60. The molecule has 0 bridgehead atoms. The minimum absolute atomic E-state index is 0.172. The fourth-order valence-corrected chi connectivity index (χ4v) is 4.77. The number of thiocarbonyl (C=S) groups is 1. The lowest BCUT2D eigenvalue weighted by Crippen LogP contribution is -2.30. The number of ether oxygens (including phenoxy) is 2. The van der Waals surface area contributed by atoms with Gasteiger partial charge in [-0.1, -0.05) is 6.07 Å². The van der Waals surface area contributed by atoms with Gasteiger partial charge in [0.25, 0.3) is 0 Å². The Morgan fingerprint density at radius 1 is 0.943 bits per heavy atom. The molecule has 0 unspecified atom stereocenters. The molecule has 176 valence electrons. The monoisotopic (exact) mass is 484 g/mol. The molecule has 1 aliphatic rings. The van der Waals surface area contributed by atoms with Crippen molar-refractivity contribution in [1.82, 2.24) is 14.9 Å². The van der Waals surface area contributed by atoms with Crippen LogP contribution in [0.1, 0.15) is 33.8 Å². The van der Waals surface area contributed by atoms with Crippen LogP contribution in [0.15, 0.2) is 91.3 Å². The number of hydrogen-bond acceptors (Lipinski definition) is 5. The molecule has 1 fully saturated rings. The van der Waals surface area contributed by atoms with Crippen LogP contribution in [0.2, 0.25) is 0 Å². The van der Waals surface area contributed by atoms with Gasteiger partial charge in [-0.05, 0) is 85.0 Å². The summed E-state index contributed by atoms with van der Waals surface area (Å²) in [6.07, 6.45) is 3.79. The zero-order valence-electron chi connectivity index (χ0n) is 19.3. The van der Waals surface area contributed by atoms with Crippen LogP contribution in [-0.2, 0) is 4.74 Å². The standard InChI is InChI=1S/C27H24N4O3S/c1-33-21-14-12-20(13-15-21)31-25(24(29-27(31)35)22-6-3-4-16-28-22)23-7-5-17-30(23)19-10-8-18(9-11-19)26(32)34-2/h3-17,24-25H,1-2H3,(H,29,35)/t24-,25-/m1/s1. The Morgan fingerprint density at radius 2 is 1.69 bits per heavy atom. The van der Waals surface area contributed by atoms with E-state index >= 15 is 0 Å². The van der Waals surface area contributed by atoms with Crippen molar-refractivity contribution in [3.05, 3.63) is 108 Å². The summed E-state index contributed by atoms with van der Waals surface area (Å²) in [7, 11) is 3.02. The average molecular weight is 485 g/mol. The Bertz CT molecular complexity index is 1340. The maximum atomic E-state index is 11.9. The van der Waals surface area contributed by atoms with Crippen LogP contribution >= 0.6 is 12.2 Å². The summed E-state index contributed by atoms with van der Waals surface area (Å²) < 4.78 is 12.3. The van der Waals surface area contributed by atoms with Crippen LogP contribution in [0.25, 0.3) is 5.69 Å². The first-order valence-corrected chi connectivity index (χ1v) is 11.5. The molecule has 1 saturated heterocycles. The molecule has 2 aromatic heterocycles. The summed E-state index contributed by atoms with van der Waals surface area (Å²) in [6, 6.07) is 24.8. The average Bonchev–Trinajstić information content (AvgIpc) is 3.53. The van der Waals surface area contributed by atoms with Gasteiger partial charge < -0.3 is 24.3 Å². The van der Waals surface area contributed by atoms with Crippen molar-refractivity contribution in [1.29, 1.82) is 0 Å². The van der Waals surface area contributed by atoms with Gasteiger partial charge in [-0.15, -0.1) is 0 Å². The predicted octanol–water partition coefficient (Wildman–Crippen LogP) is 4.84. The molecule has 0 aliphatic carbocycles. The van der Waals surface area contributed by atoms with Gasteiger partial charge in [-0.2, -0.15) is 0 Å². The summed E-state index contributed by atoms with van der Waals surface area (Å²) in [5.74, 6) is 0.411. The molecule has 3 heterocycles. The Balaban J connectivity index is 1.60. The minimum atomic E-state index is -0.365. The summed E-state index contributed by atoms with van der Waals surface area (Å²) in [5.41, 5.74) is 4.28. The lowest BCUT2D eigenvalue weighted by molar-refractivity contribution is 0.0600. The van der Waals surface area contributed by atoms with E-state index in [1.807, 2.05) is 66.9 Å². The highest BCUT2D eigenvalue weighted by atomic mass is 32.1. The SMILES string of the molecule is COC(=O)c1ccc(-n2cccc2[C@@H]2[C@@H](c3ccccn3)NC(=S)N2c2ccc(OC)cc2)cc1. The molecule has 0 saturated carbocycles. The zero-order valence-corrected chi connectivity index (χ0v) is 20.1. The topological polar surface area (TPSA) is 68.6 Å². The number of methoxy groups -OCH3 is 2. The summed E-state index contributed by atoms with van der Waals surface area (Å²) in [5, 5.41) is 4.10. The third kappa shape index (κ3) is 4.24. The minimum Gasteiger partial charge on any atom is -0.497 e. The lowest BCUT2D eigenvalue weighted by atomic mass is 10.0. The number of pyridine rings is 1.